The second-order valence-corrected chi connectivity index (χ2v) is 7.92. The molecule has 0 spiro atoms. The number of anilines is 2. The summed E-state index contributed by atoms with van der Waals surface area (Å²) < 4.78 is 5.51. The summed E-state index contributed by atoms with van der Waals surface area (Å²) in [6.45, 7) is 3.54. The van der Waals surface area contributed by atoms with Gasteiger partial charge in [-0.15, -0.1) is 0 Å². The molecule has 7 nitrogen and oxygen atoms in total. The fourth-order valence-corrected chi connectivity index (χ4v) is 4.20. The molecular weight excluding hydrogens is 390 g/mol. The predicted molar refractivity (Wildman–Crippen MR) is 125 cm³/mol. The molecule has 1 saturated heterocycles. The van der Waals surface area contributed by atoms with Crippen molar-refractivity contribution in [3.63, 3.8) is 0 Å². The highest BCUT2D eigenvalue weighted by atomic mass is 16.5. The third kappa shape index (κ3) is 5.29. The lowest BCUT2D eigenvalue weighted by Gasteiger charge is -2.35. The number of rotatable bonds is 6. The molecule has 2 aliphatic rings. The molecule has 2 aliphatic heterocycles. The molecule has 164 valence electrons. The lowest BCUT2D eigenvalue weighted by Crippen LogP contribution is -2.51. The van der Waals surface area contributed by atoms with Crippen LogP contribution in [0.15, 0.2) is 59.6 Å². The Morgan fingerprint density at radius 1 is 1.16 bits per heavy atom. The van der Waals surface area contributed by atoms with Gasteiger partial charge >= 0.3 is 0 Å². The number of carbonyl (C=O) groups is 1. The molecule has 0 aliphatic carbocycles. The van der Waals surface area contributed by atoms with Gasteiger partial charge in [0.1, 0.15) is 5.75 Å². The van der Waals surface area contributed by atoms with Crippen LogP contribution in [0.3, 0.4) is 0 Å². The fourth-order valence-electron chi connectivity index (χ4n) is 4.20. The molecule has 0 bridgehead atoms. The van der Waals surface area contributed by atoms with E-state index in [1.54, 1.807) is 7.05 Å². The first-order chi connectivity index (χ1) is 15.2. The lowest BCUT2D eigenvalue weighted by molar-refractivity contribution is -0.121. The third-order valence-corrected chi connectivity index (χ3v) is 5.77. The lowest BCUT2D eigenvalue weighted by atomic mass is 10.1. The Labute approximate surface area is 184 Å². The van der Waals surface area contributed by atoms with E-state index in [1.807, 2.05) is 29.2 Å². The molecule has 0 saturated carbocycles. The average Bonchev–Trinajstić information content (AvgIpc) is 2.83. The van der Waals surface area contributed by atoms with Crippen LogP contribution in [0.25, 0.3) is 0 Å². The van der Waals surface area contributed by atoms with E-state index in [0.29, 0.717) is 12.6 Å². The van der Waals surface area contributed by atoms with Gasteiger partial charge in [0.15, 0.2) is 12.6 Å². The fraction of sp³-hybridized carbons (Fsp3) is 0.417. The molecule has 31 heavy (non-hydrogen) atoms. The molecule has 1 unspecified atom stereocenters. The molecule has 4 rings (SSSR count). The Kier molecular flexibility index (Phi) is 6.92. The Morgan fingerprint density at radius 2 is 1.97 bits per heavy atom. The second kappa shape index (κ2) is 10.2. The SMILES string of the molecule is CN=C(NCCCN1C(=O)COc2ccccc21)NC1CCCN(c2ccccc2)C1. The first-order valence-electron chi connectivity index (χ1n) is 11.0. The standard InChI is InChI=1S/C24H31N5O2/c1-25-24(27-19-9-7-15-28(17-19)20-10-3-2-4-11-20)26-14-8-16-29-21-12-5-6-13-22(21)31-18-23(29)30/h2-6,10-13,19H,7-9,14-18H2,1H3,(H2,25,26,27). The number of nitrogens with zero attached hydrogens (tertiary/aromatic N) is 3. The van der Waals surface area contributed by atoms with E-state index < -0.39 is 0 Å². The maximum Gasteiger partial charge on any atom is 0.265 e. The summed E-state index contributed by atoms with van der Waals surface area (Å²) in [5, 5.41) is 6.97. The third-order valence-electron chi connectivity index (χ3n) is 5.77. The number of benzene rings is 2. The molecule has 7 heteroatoms. The van der Waals surface area contributed by atoms with Gasteiger partial charge in [0.05, 0.1) is 5.69 Å². The summed E-state index contributed by atoms with van der Waals surface area (Å²) >= 11 is 0. The van der Waals surface area contributed by atoms with Crippen molar-refractivity contribution >= 4 is 23.2 Å². The Morgan fingerprint density at radius 3 is 2.81 bits per heavy atom. The topological polar surface area (TPSA) is 69.2 Å². The van der Waals surface area contributed by atoms with Crippen molar-refractivity contribution in [2.45, 2.75) is 25.3 Å². The number of piperidine rings is 1. The second-order valence-electron chi connectivity index (χ2n) is 7.92. The number of fused-ring (bicyclic) bond motifs is 1. The van der Waals surface area contributed by atoms with Crippen LogP contribution in [0.5, 0.6) is 5.75 Å². The van der Waals surface area contributed by atoms with Crippen LogP contribution in [0, 0.1) is 0 Å². The summed E-state index contributed by atoms with van der Waals surface area (Å²) in [6, 6.07) is 18.6. The first-order valence-corrected chi connectivity index (χ1v) is 11.0. The van der Waals surface area contributed by atoms with Crippen LogP contribution in [0.2, 0.25) is 0 Å². The van der Waals surface area contributed by atoms with Crippen molar-refractivity contribution in [3.8, 4) is 5.75 Å². The van der Waals surface area contributed by atoms with Gasteiger partial charge in [0.2, 0.25) is 0 Å². The van der Waals surface area contributed by atoms with Crippen LogP contribution in [0.4, 0.5) is 11.4 Å². The molecule has 1 atom stereocenters. The summed E-state index contributed by atoms with van der Waals surface area (Å²) in [5.74, 6) is 1.59. The van der Waals surface area contributed by atoms with Gasteiger partial charge in [-0.3, -0.25) is 9.79 Å². The number of amides is 1. The number of hydrogen-bond acceptors (Lipinski definition) is 4. The van der Waals surface area contributed by atoms with Crippen LogP contribution < -0.4 is 25.2 Å². The Balaban J connectivity index is 1.24. The zero-order valence-electron chi connectivity index (χ0n) is 18.1. The summed E-state index contributed by atoms with van der Waals surface area (Å²) in [7, 11) is 1.80. The van der Waals surface area contributed by atoms with E-state index in [4.69, 9.17) is 4.74 Å². The van der Waals surface area contributed by atoms with Gasteiger partial charge in [0, 0.05) is 45.0 Å². The molecule has 2 heterocycles. The number of hydrogen-bond donors (Lipinski definition) is 2. The van der Waals surface area contributed by atoms with E-state index in [-0.39, 0.29) is 12.5 Å². The summed E-state index contributed by atoms with van der Waals surface area (Å²) in [6.07, 6.45) is 3.10. The van der Waals surface area contributed by atoms with E-state index in [2.05, 4.69) is 50.9 Å². The van der Waals surface area contributed by atoms with Crippen LogP contribution in [0.1, 0.15) is 19.3 Å². The molecule has 1 fully saturated rings. The van der Waals surface area contributed by atoms with Crippen LogP contribution >= 0.6 is 0 Å². The molecule has 2 N–H and O–H groups in total. The highest BCUT2D eigenvalue weighted by Gasteiger charge is 2.24. The molecule has 2 aromatic carbocycles. The monoisotopic (exact) mass is 421 g/mol. The van der Waals surface area contributed by atoms with Gasteiger partial charge in [-0.1, -0.05) is 30.3 Å². The van der Waals surface area contributed by atoms with E-state index >= 15 is 0 Å². The van der Waals surface area contributed by atoms with E-state index in [1.165, 1.54) is 5.69 Å². The number of carbonyl (C=O) groups excluding carboxylic acids is 1. The predicted octanol–water partition coefficient (Wildman–Crippen LogP) is 2.64. The molecular formula is C24H31N5O2. The zero-order chi connectivity index (χ0) is 21.5. The maximum atomic E-state index is 12.3. The Bertz CT molecular complexity index is 902. The number of para-hydroxylation sites is 3. The highest BCUT2D eigenvalue weighted by Crippen LogP contribution is 2.31. The maximum absolute atomic E-state index is 12.3. The van der Waals surface area contributed by atoms with Gasteiger partial charge in [-0.05, 0) is 43.5 Å². The smallest absolute Gasteiger partial charge is 0.265 e. The summed E-state index contributed by atoms with van der Waals surface area (Å²) in [5.41, 5.74) is 2.12. The van der Waals surface area contributed by atoms with Crippen molar-refractivity contribution in [3.05, 3.63) is 54.6 Å². The average molecular weight is 422 g/mol. The number of guanidine groups is 1. The van der Waals surface area contributed by atoms with Gasteiger partial charge < -0.3 is 25.2 Å². The van der Waals surface area contributed by atoms with E-state index in [9.17, 15) is 4.79 Å². The molecule has 0 radical (unpaired) electrons. The zero-order valence-corrected chi connectivity index (χ0v) is 18.1. The molecule has 1 amide bonds. The minimum atomic E-state index is 0.00409. The van der Waals surface area contributed by atoms with Crippen molar-refractivity contribution < 1.29 is 9.53 Å². The van der Waals surface area contributed by atoms with Crippen molar-refractivity contribution in [1.29, 1.82) is 0 Å². The van der Waals surface area contributed by atoms with Crippen LogP contribution in [-0.4, -0.2) is 57.7 Å². The van der Waals surface area contributed by atoms with Crippen LogP contribution in [-0.2, 0) is 4.79 Å². The highest BCUT2D eigenvalue weighted by molar-refractivity contribution is 5.97. The molecule has 0 aromatic heterocycles. The quantitative estimate of drug-likeness (QED) is 0.426. The number of aliphatic imine (C=N–C) groups is 1. The largest absolute Gasteiger partial charge is 0.482 e. The van der Waals surface area contributed by atoms with Crippen molar-refractivity contribution in [2.75, 3.05) is 49.6 Å². The number of nitrogens with one attached hydrogen (secondary N) is 2. The van der Waals surface area contributed by atoms with Crippen molar-refractivity contribution in [1.82, 2.24) is 10.6 Å². The van der Waals surface area contributed by atoms with Gasteiger partial charge in [-0.2, -0.15) is 0 Å². The normalized spacial score (nSPS) is 18.9. The Hall–Kier alpha value is -3.22. The first kappa shape index (κ1) is 21.0. The van der Waals surface area contributed by atoms with Gasteiger partial charge in [-0.25, -0.2) is 0 Å². The van der Waals surface area contributed by atoms with E-state index in [0.717, 1.165) is 56.3 Å². The minimum absolute atomic E-state index is 0.00409. The summed E-state index contributed by atoms with van der Waals surface area (Å²) in [4.78, 5) is 20.9. The molecule has 2 aromatic rings. The van der Waals surface area contributed by atoms with Crippen molar-refractivity contribution in [2.24, 2.45) is 4.99 Å². The number of ether oxygens (including phenoxy) is 1. The minimum Gasteiger partial charge on any atom is -0.482 e. The van der Waals surface area contributed by atoms with Gasteiger partial charge in [0.25, 0.3) is 5.91 Å².